The van der Waals surface area contributed by atoms with Gasteiger partial charge in [-0.25, -0.2) is 8.42 Å². The molecule has 1 rings (SSSR count). The average molecular weight is 305 g/mol. The molecule has 20 heavy (non-hydrogen) atoms. The molecule has 2 N–H and O–H groups in total. The molecule has 0 atom stereocenters. The van der Waals surface area contributed by atoms with Gasteiger partial charge in [0.05, 0.1) is 11.4 Å². The number of hydrogen-bond donors (Lipinski definition) is 1. The monoisotopic (exact) mass is 305 g/mol. The van der Waals surface area contributed by atoms with Gasteiger partial charge in [-0.3, -0.25) is 0 Å². The van der Waals surface area contributed by atoms with Crippen molar-refractivity contribution in [3.05, 3.63) is 0 Å². The van der Waals surface area contributed by atoms with Gasteiger partial charge in [-0.1, -0.05) is 20.8 Å². The Hall–Kier alpha value is -0.130. The van der Waals surface area contributed by atoms with Crippen molar-refractivity contribution in [3.63, 3.8) is 0 Å². The molecule has 0 heterocycles. The van der Waals surface area contributed by atoms with Gasteiger partial charge in [0.25, 0.3) is 0 Å². The third kappa shape index (κ3) is 5.70. The summed E-state index contributed by atoms with van der Waals surface area (Å²) in [4.78, 5) is 0. The van der Waals surface area contributed by atoms with E-state index in [9.17, 15) is 8.42 Å². The molecule has 0 saturated heterocycles. The summed E-state index contributed by atoms with van der Waals surface area (Å²) in [5, 5.41) is 0. The van der Waals surface area contributed by atoms with E-state index in [1.165, 1.54) is 6.26 Å². The molecule has 0 radical (unpaired) electrons. The van der Waals surface area contributed by atoms with Crippen molar-refractivity contribution in [2.24, 2.45) is 17.1 Å². The second-order valence-electron chi connectivity index (χ2n) is 7.36. The zero-order chi connectivity index (χ0) is 15.4. The number of sulfone groups is 1. The molecule has 0 bridgehead atoms. The second kappa shape index (κ2) is 6.75. The molecule has 0 aliphatic heterocycles. The Morgan fingerprint density at radius 1 is 1.25 bits per heavy atom. The van der Waals surface area contributed by atoms with Gasteiger partial charge in [-0.2, -0.15) is 0 Å². The van der Waals surface area contributed by atoms with Crippen molar-refractivity contribution in [3.8, 4) is 0 Å². The summed E-state index contributed by atoms with van der Waals surface area (Å²) in [6.07, 6.45) is 6.09. The van der Waals surface area contributed by atoms with Gasteiger partial charge < -0.3 is 10.5 Å². The first-order valence-corrected chi connectivity index (χ1v) is 9.66. The molecular formula is C15H31NO3S. The molecule has 120 valence electrons. The molecule has 0 aromatic carbocycles. The summed E-state index contributed by atoms with van der Waals surface area (Å²) in [7, 11) is -2.89. The maximum atomic E-state index is 11.1. The van der Waals surface area contributed by atoms with Crippen molar-refractivity contribution in [1.82, 2.24) is 0 Å². The first-order chi connectivity index (χ1) is 9.08. The predicted octanol–water partition coefficient (Wildman–Crippen LogP) is 2.37. The Balaban J connectivity index is 2.43. The van der Waals surface area contributed by atoms with Gasteiger partial charge >= 0.3 is 0 Å². The van der Waals surface area contributed by atoms with Crippen LogP contribution in [0.5, 0.6) is 0 Å². The van der Waals surface area contributed by atoms with Crippen LogP contribution < -0.4 is 5.73 Å². The number of ether oxygens (including phenoxy) is 1. The molecule has 1 aliphatic rings. The number of rotatable bonds is 6. The average Bonchev–Trinajstić information content (AvgIpc) is 2.33. The quantitative estimate of drug-likeness (QED) is 0.765. The maximum Gasteiger partial charge on any atom is 0.147 e. The second-order valence-corrected chi connectivity index (χ2v) is 9.62. The Kier molecular flexibility index (Phi) is 6.05. The molecular weight excluding hydrogens is 274 g/mol. The van der Waals surface area contributed by atoms with E-state index in [2.05, 4.69) is 20.8 Å². The van der Waals surface area contributed by atoms with Gasteiger partial charge in [0.15, 0.2) is 0 Å². The summed E-state index contributed by atoms with van der Waals surface area (Å²) >= 11 is 0. The minimum atomic E-state index is -2.89. The lowest BCUT2D eigenvalue weighted by Gasteiger charge is -2.43. The third-order valence-corrected chi connectivity index (χ3v) is 5.59. The Bertz CT molecular complexity index is 390. The molecule has 5 heteroatoms. The maximum absolute atomic E-state index is 11.1. The van der Waals surface area contributed by atoms with E-state index < -0.39 is 9.84 Å². The van der Waals surface area contributed by atoms with Crippen LogP contribution in [0.1, 0.15) is 52.9 Å². The van der Waals surface area contributed by atoms with Crippen LogP contribution >= 0.6 is 0 Å². The zero-order valence-corrected chi connectivity index (χ0v) is 14.3. The predicted molar refractivity (Wildman–Crippen MR) is 83.5 cm³/mol. The van der Waals surface area contributed by atoms with E-state index in [0.29, 0.717) is 25.0 Å². The van der Waals surface area contributed by atoms with E-state index in [1.54, 1.807) is 0 Å². The highest BCUT2D eigenvalue weighted by atomic mass is 32.2. The highest BCUT2D eigenvalue weighted by molar-refractivity contribution is 7.90. The molecule has 4 nitrogen and oxygen atoms in total. The summed E-state index contributed by atoms with van der Waals surface area (Å²) in [5.41, 5.74) is 6.04. The minimum absolute atomic E-state index is 0.193. The molecule has 1 saturated carbocycles. The lowest BCUT2D eigenvalue weighted by atomic mass is 9.68. The Morgan fingerprint density at radius 2 is 1.80 bits per heavy atom. The van der Waals surface area contributed by atoms with Gasteiger partial charge in [0, 0.05) is 19.4 Å². The van der Waals surface area contributed by atoms with E-state index >= 15 is 0 Å². The smallest absolute Gasteiger partial charge is 0.147 e. The van der Waals surface area contributed by atoms with E-state index in [1.807, 2.05) is 0 Å². The summed E-state index contributed by atoms with van der Waals surface area (Å²) in [6.45, 7) is 7.90. The summed E-state index contributed by atoms with van der Waals surface area (Å²) < 4.78 is 28.2. The Morgan fingerprint density at radius 3 is 2.20 bits per heavy atom. The van der Waals surface area contributed by atoms with Crippen LogP contribution in [0.3, 0.4) is 0 Å². The molecule has 1 aliphatic carbocycles. The SMILES string of the molecule is CC(C)(C)C1CCC(CN)(OCCCS(C)(=O)=O)CC1. The highest BCUT2D eigenvalue weighted by Crippen LogP contribution is 2.42. The minimum Gasteiger partial charge on any atom is -0.374 e. The van der Waals surface area contributed by atoms with Gasteiger partial charge in [0.1, 0.15) is 9.84 Å². The topological polar surface area (TPSA) is 69.4 Å². The molecule has 1 fully saturated rings. The van der Waals surface area contributed by atoms with Crippen LogP contribution in [-0.2, 0) is 14.6 Å². The lowest BCUT2D eigenvalue weighted by Crippen LogP contribution is -2.45. The Labute approximate surface area is 124 Å². The molecule has 0 aromatic rings. The normalized spacial score (nSPS) is 28.6. The molecule has 0 amide bonds. The molecule has 0 spiro atoms. The lowest BCUT2D eigenvalue weighted by molar-refractivity contribution is -0.0792. The van der Waals surface area contributed by atoms with Crippen molar-refractivity contribution in [2.75, 3.05) is 25.2 Å². The molecule has 0 unspecified atom stereocenters. The first kappa shape index (κ1) is 17.9. The fourth-order valence-corrected chi connectivity index (χ4v) is 3.67. The summed E-state index contributed by atoms with van der Waals surface area (Å²) in [6, 6.07) is 0. The number of nitrogens with two attached hydrogens (primary N) is 1. The number of hydrogen-bond acceptors (Lipinski definition) is 4. The fraction of sp³-hybridized carbons (Fsp3) is 1.00. The van der Waals surface area contributed by atoms with Crippen LogP contribution in [0.4, 0.5) is 0 Å². The largest absolute Gasteiger partial charge is 0.374 e. The fourth-order valence-electron chi connectivity index (χ4n) is 3.03. The standard InChI is InChI=1S/C15H31NO3S/c1-14(2,3)13-6-8-15(12-16,9-7-13)19-10-5-11-20(4,17)18/h13H,5-12,16H2,1-4H3. The summed E-state index contributed by atoms with van der Waals surface area (Å²) in [5.74, 6) is 0.917. The van der Waals surface area contributed by atoms with Gasteiger partial charge in [-0.05, 0) is 43.4 Å². The van der Waals surface area contributed by atoms with Crippen LogP contribution in [0.25, 0.3) is 0 Å². The van der Waals surface area contributed by atoms with Crippen molar-refractivity contribution >= 4 is 9.84 Å². The van der Waals surface area contributed by atoms with E-state index in [4.69, 9.17) is 10.5 Å². The van der Waals surface area contributed by atoms with Crippen LogP contribution in [0.2, 0.25) is 0 Å². The van der Waals surface area contributed by atoms with Crippen LogP contribution in [-0.4, -0.2) is 39.2 Å². The van der Waals surface area contributed by atoms with Crippen molar-refractivity contribution < 1.29 is 13.2 Å². The van der Waals surface area contributed by atoms with Crippen molar-refractivity contribution in [2.45, 2.75) is 58.5 Å². The highest BCUT2D eigenvalue weighted by Gasteiger charge is 2.38. The van der Waals surface area contributed by atoms with Crippen LogP contribution in [0.15, 0.2) is 0 Å². The molecule has 0 aromatic heterocycles. The zero-order valence-electron chi connectivity index (χ0n) is 13.4. The third-order valence-electron chi connectivity index (χ3n) is 4.56. The van der Waals surface area contributed by atoms with Gasteiger partial charge in [-0.15, -0.1) is 0 Å². The van der Waals surface area contributed by atoms with Crippen LogP contribution in [0, 0.1) is 11.3 Å². The van der Waals surface area contributed by atoms with E-state index in [0.717, 1.165) is 31.6 Å². The van der Waals surface area contributed by atoms with Crippen molar-refractivity contribution in [1.29, 1.82) is 0 Å². The van der Waals surface area contributed by atoms with E-state index in [-0.39, 0.29) is 11.4 Å². The van der Waals surface area contributed by atoms with Gasteiger partial charge in [0.2, 0.25) is 0 Å². The first-order valence-electron chi connectivity index (χ1n) is 7.60.